The van der Waals surface area contributed by atoms with E-state index in [0.717, 1.165) is 0 Å². The summed E-state index contributed by atoms with van der Waals surface area (Å²) in [4.78, 5) is 11.0. The Morgan fingerprint density at radius 3 is 2.76 bits per heavy atom. The highest BCUT2D eigenvalue weighted by Crippen LogP contribution is 2.19. The number of hydrogen-bond acceptors (Lipinski definition) is 3. The average molecular weight is 235 g/mol. The lowest BCUT2D eigenvalue weighted by Crippen LogP contribution is -2.03. The molecule has 0 fully saturated rings. The van der Waals surface area contributed by atoms with Crippen LogP contribution in [0.5, 0.6) is 11.5 Å². The van der Waals surface area contributed by atoms with Crippen LogP contribution in [-0.2, 0) is 0 Å². The molecule has 0 aliphatic rings. The molecule has 17 heavy (non-hydrogen) atoms. The van der Waals surface area contributed by atoms with Crippen molar-refractivity contribution in [2.24, 2.45) is 0 Å². The lowest BCUT2D eigenvalue weighted by Gasteiger charge is -2.08. The Hall–Kier alpha value is -2.30. The van der Waals surface area contributed by atoms with Crippen molar-refractivity contribution >= 4 is 0 Å². The first-order valence-corrected chi connectivity index (χ1v) is 4.86. The molecule has 0 aliphatic carbocycles. The Bertz CT molecular complexity index is 607. The molecule has 1 N–H and O–H groups in total. The number of hydrogen-bond donors (Lipinski definition) is 1. The number of nitrogens with zero attached hydrogens (tertiary/aromatic N) is 1. The van der Waals surface area contributed by atoms with E-state index >= 15 is 0 Å². The van der Waals surface area contributed by atoms with Gasteiger partial charge in [0.1, 0.15) is 11.6 Å². The maximum atomic E-state index is 13.3. The Kier molecular flexibility index (Phi) is 2.82. The van der Waals surface area contributed by atoms with E-state index in [1.165, 1.54) is 42.3 Å². The van der Waals surface area contributed by atoms with Gasteiger partial charge in [0.15, 0.2) is 5.75 Å². The summed E-state index contributed by atoms with van der Waals surface area (Å²) in [6.45, 7) is 0. The molecular weight excluding hydrogens is 225 g/mol. The zero-order chi connectivity index (χ0) is 12.4. The largest absolute Gasteiger partial charge is 0.503 e. The third-order valence-electron chi connectivity index (χ3n) is 2.29. The molecule has 2 rings (SSSR count). The number of halogens is 1. The molecular formula is C12H10FNO3. The van der Waals surface area contributed by atoms with Crippen LogP contribution in [0.15, 0.2) is 41.5 Å². The van der Waals surface area contributed by atoms with Crippen LogP contribution in [0.4, 0.5) is 4.39 Å². The zero-order valence-corrected chi connectivity index (χ0v) is 9.05. The smallest absolute Gasteiger partial charge is 0.223 e. The van der Waals surface area contributed by atoms with Gasteiger partial charge in [-0.1, -0.05) is 0 Å². The molecule has 0 bridgehead atoms. The number of aromatic hydroxyl groups is 1. The second-order valence-electron chi connectivity index (χ2n) is 3.45. The fourth-order valence-electron chi connectivity index (χ4n) is 1.45. The number of benzene rings is 1. The second kappa shape index (κ2) is 4.29. The summed E-state index contributed by atoms with van der Waals surface area (Å²) in [6, 6.07) is 5.30. The molecule has 0 saturated heterocycles. The minimum atomic E-state index is -0.482. The highest BCUT2D eigenvalue weighted by Gasteiger charge is 2.04. The molecule has 0 radical (unpaired) electrons. The molecule has 1 heterocycles. The van der Waals surface area contributed by atoms with Gasteiger partial charge in [-0.2, -0.15) is 0 Å². The zero-order valence-electron chi connectivity index (χ0n) is 9.05. The van der Waals surface area contributed by atoms with Crippen molar-refractivity contribution < 1.29 is 14.2 Å². The standard InChI is InChI=1S/C12H10FNO3/c1-17-10-5-8(13)4-9(6-10)14-3-2-11(15)12(16)7-14/h2-7,16H,1H3. The van der Waals surface area contributed by atoms with Gasteiger partial charge in [0.25, 0.3) is 0 Å². The lowest BCUT2D eigenvalue weighted by atomic mass is 10.2. The maximum Gasteiger partial charge on any atom is 0.223 e. The monoisotopic (exact) mass is 235 g/mol. The van der Waals surface area contributed by atoms with Crippen LogP contribution in [0.25, 0.3) is 5.69 Å². The summed E-state index contributed by atoms with van der Waals surface area (Å²) >= 11 is 0. The van der Waals surface area contributed by atoms with E-state index in [1.54, 1.807) is 6.07 Å². The molecule has 5 heteroatoms. The quantitative estimate of drug-likeness (QED) is 0.861. The summed E-state index contributed by atoms with van der Waals surface area (Å²) in [6.07, 6.45) is 2.66. The van der Waals surface area contributed by atoms with Gasteiger partial charge in [0, 0.05) is 24.4 Å². The Morgan fingerprint density at radius 1 is 1.35 bits per heavy atom. The topological polar surface area (TPSA) is 51.5 Å². The van der Waals surface area contributed by atoms with Gasteiger partial charge in [-0.15, -0.1) is 0 Å². The summed E-state index contributed by atoms with van der Waals surface area (Å²) < 4.78 is 19.6. The van der Waals surface area contributed by atoms with Gasteiger partial charge >= 0.3 is 0 Å². The third kappa shape index (κ3) is 2.28. The van der Waals surface area contributed by atoms with Crippen molar-refractivity contribution in [2.45, 2.75) is 0 Å². The van der Waals surface area contributed by atoms with E-state index in [2.05, 4.69) is 0 Å². The molecule has 1 aromatic carbocycles. The lowest BCUT2D eigenvalue weighted by molar-refractivity contribution is 0.411. The molecule has 88 valence electrons. The predicted octanol–water partition coefficient (Wildman–Crippen LogP) is 1.69. The summed E-state index contributed by atoms with van der Waals surface area (Å²) in [5, 5.41) is 9.30. The van der Waals surface area contributed by atoms with E-state index in [9.17, 15) is 14.3 Å². The minimum Gasteiger partial charge on any atom is -0.503 e. The van der Waals surface area contributed by atoms with Crippen LogP contribution in [-0.4, -0.2) is 16.8 Å². The average Bonchev–Trinajstić information content (AvgIpc) is 2.32. The highest BCUT2D eigenvalue weighted by molar-refractivity contribution is 5.41. The van der Waals surface area contributed by atoms with Crippen molar-refractivity contribution in [2.75, 3.05) is 7.11 Å². The van der Waals surface area contributed by atoms with Crippen LogP contribution in [0, 0.1) is 5.82 Å². The second-order valence-corrected chi connectivity index (χ2v) is 3.45. The number of aromatic nitrogens is 1. The van der Waals surface area contributed by atoms with E-state index in [0.29, 0.717) is 11.4 Å². The molecule has 0 amide bonds. The SMILES string of the molecule is COc1cc(F)cc(-n2ccc(=O)c(O)c2)c1. The number of rotatable bonds is 2. The summed E-state index contributed by atoms with van der Waals surface area (Å²) in [5.74, 6) is -0.494. The fourth-order valence-corrected chi connectivity index (χ4v) is 1.45. The number of ether oxygens (including phenoxy) is 1. The predicted molar refractivity (Wildman–Crippen MR) is 60.2 cm³/mol. The summed E-state index contributed by atoms with van der Waals surface area (Å²) in [7, 11) is 1.43. The molecule has 0 unspecified atom stereocenters. The Balaban J connectivity index is 2.55. The molecule has 0 atom stereocenters. The first-order valence-electron chi connectivity index (χ1n) is 4.86. The number of pyridine rings is 1. The van der Waals surface area contributed by atoms with Crippen molar-refractivity contribution in [1.82, 2.24) is 4.57 Å². The normalized spacial score (nSPS) is 10.2. The van der Waals surface area contributed by atoms with E-state index in [-0.39, 0.29) is 0 Å². The van der Waals surface area contributed by atoms with Crippen LogP contribution >= 0.6 is 0 Å². The molecule has 1 aromatic heterocycles. The van der Waals surface area contributed by atoms with Gasteiger partial charge in [-0.25, -0.2) is 4.39 Å². The van der Waals surface area contributed by atoms with Gasteiger partial charge in [0.2, 0.25) is 5.43 Å². The molecule has 2 aromatic rings. The number of methoxy groups -OCH3 is 1. The summed E-state index contributed by atoms with van der Waals surface area (Å²) in [5.41, 5.74) is -0.0261. The van der Waals surface area contributed by atoms with E-state index in [1.807, 2.05) is 0 Å². The van der Waals surface area contributed by atoms with Crippen molar-refractivity contribution in [3.8, 4) is 17.2 Å². The van der Waals surface area contributed by atoms with Crippen molar-refractivity contribution in [3.63, 3.8) is 0 Å². The van der Waals surface area contributed by atoms with Gasteiger partial charge in [-0.05, 0) is 6.07 Å². The first kappa shape index (κ1) is 11.2. The van der Waals surface area contributed by atoms with E-state index < -0.39 is 17.0 Å². The molecule has 0 spiro atoms. The maximum absolute atomic E-state index is 13.3. The van der Waals surface area contributed by atoms with Crippen LogP contribution in [0.1, 0.15) is 0 Å². The van der Waals surface area contributed by atoms with Crippen LogP contribution in [0.2, 0.25) is 0 Å². The molecule has 0 aliphatic heterocycles. The van der Waals surface area contributed by atoms with Gasteiger partial charge in [0.05, 0.1) is 19.0 Å². The van der Waals surface area contributed by atoms with Crippen LogP contribution in [0.3, 0.4) is 0 Å². The molecule has 0 saturated carbocycles. The Morgan fingerprint density at radius 2 is 2.12 bits per heavy atom. The van der Waals surface area contributed by atoms with Crippen molar-refractivity contribution in [1.29, 1.82) is 0 Å². The third-order valence-corrected chi connectivity index (χ3v) is 2.29. The van der Waals surface area contributed by atoms with Crippen LogP contribution < -0.4 is 10.2 Å². The van der Waals surface area contributed by atoms with Gasteiger partial charge in [-0.3, -0.25) is 4.79 Å². The van der Waals surface area contributed by atoms with Crippen molar-refractivity contribution in [3.05, 3.63) is 52.7 Å². The first-order chi connectivity index (χ1) is 8.10. The minimum absolute atomic E-state index is 0.359. The molecule has 4 nitrogen and oxygen atoms in total. The fraction of sp³-hybridized carbons (Fsp3) is 0.0833. The highest BCUT2D eigenvalue weighted by atomic mass is 19.1. The van der Waals surface area contributed by atoms with E-state index in [4.69, 9.17) is 4.74 Å². The van der Waals surface area contributed by atoms with Gasteiger partial charge < -0.3 is 14.4 Å². The Labute approximate surface area is 96.5 Å².